The molecule has 0 saturated carbocycles. The van der Waals surface area contributed by atoms with Crippen molar-refractivity contribution in [1.29, 1.82) is 0 Å². The molecule has 1 aliphatic heterocycles. The maximum Gasteiger partial charge on any atom is 0.329 e. The Morgan fingerprint density at radius 2 is 2.11 bits per heavy atom. The summed E-state index contributed by atoms with van der Waals surface area (Å²) < 4.78 is 10.3. The second-order valence-electron chi connectivity index (χ2n) is 4.33. The molecule has 0 radical (unpaired) electrons. The van der Waals surface area contributed by atoms with E-state index in [1.165, 1.54) is 0 Å². The van der Waals surface area contributed by atoms with Crippen molar-refractivity contribution in [2.24, 2.45) is 5.41 Å². The molecule has 96 valence electrons. The van der Waals surface area contributed by atoms with Crippen LogP contribution >= 0.6 is 0 Å². The van der Waals surface area contributed by atoms with Crippen LogP contribution in [0.3, 0.4) is 0 Å². The average Bonchev–Trinajstić information content (AvgIpc) is 2.38. The van der Waals surface area contributed by atoms with E-state index in [4.69, 9.17) is 9.47 Å². The molecule has 0 N–H and O–H groups in total. The van der Waals surface area contributed by atoms with E-state index in [0.29, 0.717) is 18.6 Å². The second-order valence-corrected chi connectivity index (χ2v) is 4.33. The predicted molar refractivity (Wildman–Crippen MR) is 65.1 cm³/mol. The van der Waals surface area contributed by atoms with Gasteiger partial charge in [0.15, 0.2) is 5.41 Å². The Morgan fingerprint density at radius 3 is 2.78 bits per heavy atom. The summed E-state index contributed by atoms with van der Waals surface area (Å²) >= 11 is 0. The first kappa shape index (κ1) is 12.6. The van der Waals surface area contributed by atoms with Crippen LogP contribution in [0.15, 0.2) is 24.3 Å². The van der Waals surface area contributed by atoms with Gasteiger partial charge < -0.3 is 9.47 Å². The molecule has 4 nitrogen and oxygen atoms in total. The molecule has 0 fully saturated rings. The minimum absolute atomic E-state index is 0.259. The van der Waals surface area contributed by atoms with Crippen molar-refractivity contribution in [2.45, 2.75) is 26.7 Å². The molecule has 0 bridgehead atoms. The lowest BCUT2D eigenvalue weighted by Gasteiger charge is -2.32. The van der Waals surface area contributed by atoms with Crippen molar-refractivity contribution < 1.29 is 19.1 Å². The number of hydrogen-bond donors (Lipinski definition) is 0. The van der Waals surface area contributed by atoms with Gasteiger partial charge in [0.25, 0.3) is 0 Å². The van der Waals surface area contributed by atoms with Gasteiger partial charge in [-0.3, -0.25) is 9.59 Å². The molecule has 1 heterocycles. The molecule has 0 amide bonds. The summed E-state index contributed by atoms with van der Waals surface area (Å²) in [4.78, 5) is 24.2. The van der Waals surface area contributed by atoms with Gasteiger partial charge in [-0.15, -0.1) is 0 Å². The summed E-state index contributed by atoms with van der Waals surface area (Å²) in [6.45, 7) is 3.78. The molecule has 0 spiro atoms. The number of esters is 2. The van der Waals surface area contributed by atoms with Crippen molar-refractivity contribution in [3.8, 4) is 5.75 Å². The monoisotopic (exact) mass is 248 g/mol. The first-order chi connectivity index (χ1) is 8.64. The van der Waals surface area contributed by atoms with Gasteiger partial charge in [-0.2, -0.15) is 0 Å². The lowest BCUT2D eigenvalue weighted by Crippen LogP contribution is -2.47. The maximum atomic E-state index is 12.1. The minimum atomic E-state index is -1.19. The Bertz CT molecular complexity index is 480. The molecule has 1 aromatic carbocycles. The highest BCUT2D eigenvalue weighted by Gasteiger charge is 2.50. The average molecular weight is 248 g/mol. The van der Waals surface area contributed by atoms with Gasteiger partial charge in [-0.1, -0.05) is 25.1 Å². The van der Waals surface area contributed by atoms with Crippen molar-refractivity contribution >= 4 is 11.9 Å². The first-order valence-electron chi connectivity index (χ1n) is 6.11. The molecule has 1 aliphatic rings. The highest BCUT2D eigenvalue weighted by Crippen LogP contribution is 2.38. The van der Waals surface area contributed by atoms with Crippen LogP contribution in [-0.2, 0) is 20.7 Å². The van der Waals surface area contributed by atoms with Gasteiger partial charge in [0.2, 0.25) is 0 Å². The van der Waals surface area contributed by atoms with Gasteiger partial charge in [-0.05, 0) is 25.0 Å². The summed E-state index contributed by atoms with van der Waals surface area (Å²) in [7, 11) is 0. The van der Waals surface area contributed by atoms with Crippen LogP contribution in [0.4, 0.5) is 0 Å². The third kappa shape index (κ3) is 1.88. The quantitative estimate of drug-likeness (QED) is 0.467. The second kappa shape index (κ2) is 4.80. The van der Waals surface area contributed by atoms with Crippen molar-refractivity contribution in [1.82, 2.24) is 0 Å². The van der Waals surface area contributed by atoms with Gasteiger partial charge in [0.05, 0.1) is 6.61 Å². The molecule has 18 heavy (non-hydrogen) atoms. The van der Waals surface area contributed by atoms with Crippen LogP contribution < -0.4 is 4.74 Å². The van der Waals surface area contributed by atoms with Gasteiger partial charge >= 0.3 is 11.9 Å². The van der Waals surface area contributed by atoms with Crippen LogP contribution in [0.5, 0.6) is 5.75 Å². The number of fused-ring (bicyclic) bond motifs is 1. The highest BCUT2D eigenvalue weighted by atomic mass is 16.6. The lowest BCUT2D eigenvalue weighted by molar-refractivity contribution is -0.168. The Labute approximate surface area is 106 Å². The number of rotatable bonds is 3. The number of para-hydroxylation sites is 1. The predicted octanol–water partition coefficient (Wildman–Crippen LogP) is 2.11. The number of ether oxygens (including phenoxy) is 2. The molecule has 0 aromatic heterocycles. The SMILES string of the molecule is CCOC(=O)[C@]1(CC)Cc2ccccc2OC1=O. The highest BCUT2D eigenvalue weighted by molar-refractivity contribution is 6.02. The van der Waals surface area contributed by atoms with Crippen molar-refractivity contribution in [3.63, 3.8) is 0 Å². The zero-order valence-electron chi connectivity index (χ0n) is 10.6. The van der Waals surface area contributed by atoms with Gasteiger partial charge in [0.1, 0.15) is 5.75 Å². The third-order valence-corrected chi connectivity index (χ3v) is 3.33. The van der Waals surface area contributed by atoms with Gasteiger partial charge in [0, 0.05) is 6.42 Å². The molecule has 0 unspecified atom stereocenters. The maximum absolute atomic E-state index is 12.1. The molecule has 0 aliphatic carbocycles. The molecule has 1 aromatic rings. The van der Waals surface area contributed by atoms with E-state index in [2.05, 4.69) is 0 Å². The first-order valence-corrected chi connectivity index (χ1v) is 6.11. The Hall–Kier alpha value is -1.84. The smallest absolute Gasteiger partial charge is 0.329 e. The van der Waals surface area contributed by atoms with Crippen LogP contribution in [0.2, 0.25) is 0 Å². The number of benzene rings is 1. The van der Waals surface area contributed by atoms with Crippen LogP contribution in [-0.4, -0.2) is 18.5 Å². The summed E-state index contributed by atoms with van der Waals surface area (Å²) in [5, 5.41) is 0. The van der Waals surface area contributed by atoms with Gasteiger partial charge in [-0.25, -0.2) is 0 Å². The zero-order chi connectivity index (χ0) is 13.2. The summed E-state index contributed by atoms with van der Waals surface area (Å²) in [5.74, 6) is -0.468. The Morgan fingerprint density at radius 1 is 1.39 bits per heavy atom. The third-order valence-electron chi connectivity index (χ3n) is 3.33. The molecule has 2 rings (SSSR count). The Balaban J connectivity index is 2.39. The molecule has 1 atom stereocenters. The molecule has 0 saturated heterocycles. The van der Waals surface area contributed by atoms with E-state index in [1.54, 1.807) is 26.0 Å². The van der Waals surface area contributed by atoms with E-state index in [9.17, 15) is 9.59 Å². The summed E-state index contributed by atoms with van der Waals surface area (Å²) in [5.41, 5.74) is -0.323. The normalized spacial score (nSPS) is 22.0. The fourth-order valence-corrected chi connectivity index (χ4v) is 2.18. The minimum Gasteiger partial charge on any atom is -0.465 e. The molecule has 4 heteroatoms. The molecular formula is C14H16O4. The largest absolute Gasteiger partial charge is 0.465 e. The number of hydrogen-bond acceptors (Lipinski definition) is 4. The van der Waals surface area contributed by atoms with E-state index in [1.807, 2.05) is 12.1 Å². The van der Waals surface area contributed by atoms with Crippen LogP contribution in [0, 0.1) is 5.41 Å². The van der Waals surface area contributed by atoms with E-state index in [-0.39, 0.29) is 6.61 Å². The topological polar surface area (TPSA) is 52.6 Å². The number of carbonyl (C=O) groups excluding carboxylic acids is 2. The van der Waals surface area contributed by atoms with Crippen LogP contribution in [0.1, 0.15) is 25.8 Å². The zero-order valence-corrected chi connectivity index (χ0v) is 10.6. The van der Waals surface area contributed by atoms with Crippen molar-refractivity contribution in [2.75, 3.05) is 6.61 Å². The fourth-order valence-electron chi connectivity index (χ4n) is 2.18. The van der Waals surface area contributed by atoms with Crippen LogP contribution in [0.25, 0.3) is 0 Å². The van der Waals surface area contributed by atoms with E-state index in [0.717, 1.165) is 5.56 Å². The summed E-state index contributed by atoms with van der Waals surface area (Å²) in [6, 6.07) is 7.27. The summed E-state index contributed by atoms with van der Waals surface area (Å²) in [6.07, 6.45) is 0.719. The standard InChI is InChI=1S/C14H16O4/c1-3-14(12(15)17-4-2)9-10-7-5-6-8-11(10)18-13(14)16/h5-8H,3-4,9H2,1-2H3/t14-/m0/s1. The Kier molecular flexibility index (Phi) is 3.36. The number of carbonyl (C=O) groups is 2. The van der Waals surface area contributed by atoms with Crippen molar-refractivity contribution in [3.05, 3.63) is 29.8 Å². The van der Waals surface area contributed by atoms with E-state index >= 15 is 0 Å². The molecular weight excluding hydrogens is 232 g/mol. The van der Waals surface area contributed by atoms with E-state index < -0.39 is 17.4 Å². The fraction of sp³-hybridized carbons (Fsp3) is 0.429. The lowest BCUT2D eigenvalue weighted by atomic mass is 9.77.